The molecule has 3 atom stereocenters. The minimum Gasteiger partial charge on any atom is -0.413 e. The molecule has 1 amide bonds. The number of carbonyl (C=O) groups is 2. The van der Waals surface area contributed by atoms with E-state index in [1.54, 1.807) is 24.5 Å². The van der Waals surface area contributed by atoms with E-state index in [1.807, 2.05) is 6.92 Å². The van der Waals surface area contributed by atoms with E-state index < -0.39 is 8.32 Å². The lowest BCUT2D eigenvalue weighted by Crippen LogP contribution is -2.64. The molecule has 0 unspecified atom stereocenters. The number of hydrogen-bond acceptors (Lipinski definition) is 6. The van der Waals surface area contributed by atoms with Gasteiger partial charge in [0.05, 0.1) is 18.1 Å². The maximum atomic E-state index is 12.8. The zero-order chi connectivity index (χ0) is 21.1. The van der Waals surface area contributed by atoms with Crippen LogP contribution in [-0.4, -0.2) is 50.0 Å². The van der Waals surface area contributed by atoms with Crippen LogP contribution in [0.2, 0.25) is 18.1 Å². The van der Waals surface area contributed by atoms with E-state index in [-0.39, 0.29) is 46.9 Å². The Morgan fingerprint density at radius 3 is 2.57 bits per heavy atom. The molecule has 0 spiro atoms. The van der Waals surface area contributed by atoms with Gasteiger partial charge in [0.2, 0.25) is 5.91 Å². The van der Waals surface area contributed by atoms with Crippen LogP contribution in [-0.2, 0) is 18.9 Å². The Hall–Kier alpha value is -2.06. The highest BCUT2D eigenvalue weighted by Gasteiger charge is 2.48. The van der Waals surface area contributed by atoms with E-state index in [9.17, 15) is 9.59 Å². The molecule has 154 valence electrons. The lowest BCUT2D eigenvalue weighted by Gasteiger charge is -2.45. The Labute approximate surface area is 168 Å². The van der Waals surface area contributed by atoms with Gasteiger partial charge in [0.25, 0.3) is 0 Å². The number of amides is 1. The number of pyridine rings is 1. The first-order chi connectivity index (χ1) is 13.0. The Balaban J connectivity index is 2.10. The Morgan fingerprint density at radius 2 is 2.07 bits per heavy atom. The molecule has 28 heavy (non-hydrogen) atoms. The number of nitrogens with one attached hydrogen (secondary N) is 1. The van der Waals surface area contributed by atoms with Gasteiger partial charge in [-0.05, 0) is 37.2 Å². The van der Waals surface area contributed by atoms with Gasteiger partial charge in [0, 0.05) is 24.4 Å². The van der Waals surface area contributed by atoms with Crippen LogP contribution in [0.1, 0.15) is 39.7 Å². The van der Waals surface area contributed by atoms with Crippen LogP contribution in [0.3, 0.4) is 0 Å². The van der Waals surface area contributed by atoms with Crippen molar-refractivity contribution in [3.8, 4) is 0 Å². The smallest absolute Gasteiger partial charge is 0.228 e. The van der Waals surface area contributed by atoms with Crippen LogP contribution >= 0.6 is 0 Å². The molecule has 1 saturated heterocycles. The zero-order valence-electron chi connectivity index (χ0n) is 17.8. The van der Waals surface area contributed by atoms with Gasteiger partial charge in [0.1, 0.15) is 7.11 Å². The minimum atomic E-state index is -2.02. The summed E-state index contributed by atoms with van der Waals surface area (Å²) in [5.41, 5.74) is 0.788. The van der Waals surface area contributed by atoms with Gasteiger partial charge < -0.3 is 14.6 Å². The summed E-state index contributed by atoms with van der Waals surface area (Å²) >= 11 is 0. The predicted molar refractivity (Wildman–Crippen MR) is 111 cm³/mol. The third-order valence-corrected chi connectivity index (χ3v) is 10.2. The van der Waals surface area contributed by atoms with Crippen molar-refractivity contribution in [2.45, 2.75) is 64.4 Å². The minimum absolute atomic E-state index is 0.0470. The summed E-state index contributed by atoms with van der Waals surface area (Å²) in [6.45, 7) is 12.7. The summed E-state index contributed by atoms with van der Waals surface area (Å²) in [7, 11) is -0.621. The molecular formula is C20H31N3O4Si. The van der Waals surface area contributed by atoms with E-state index >= 15 is 0 Å². The predicted octanol–water partition coefficient (Wildman–Crippen LogP) is 2.92. The van der Waals surface area contributed by atoms with Crippen molar-refractivity contribution >= 4 is 25.7 Å². The van der Waals surface area contributed by atoms with Crippen molar-refractivity contribution in [3.05, 3.63) is 30.1 Å². The fourth-order valence-electron chi connectivity index (χ4n) is 3.04. The second-order valence-electron chi connectivity index (χ2n) is 8.72. The Kier molecular flexibility index (Phi) is 6.77. The number of Topliss-reactive ketones (excluding diaryl/α,β-unsaturated/α-hetero) is 1. The highest BCUT2D eigenvalue weighted by atomic mass is 28.4. The first kappa shape index (κ1) is 22.2. The van der Waals surface area contributed by atoms with Crippen LogP contribution in [0.25, 0.3) is 0 Å². The van der Waals surface area contributed by atoms with Crippen molar-refractivity contribution in [3.63, 3.8) is 0 Å². The molecule has 1 N–H and O–H groups in total. The maximum Gasteiger partial charge on any atom is 0.228 e. The monoisotopic (exact) mass is 405 g/mol. The molecule has 2 rings (SSSR count). The summed E-state index contributed by atoms with van der Waals surface area (Å²) in [4.78, 5) is 33.9. The van der Waals surface area contributed by atoms with E-state index in [0.717, 1.165) is 0 Å². The fraction of sp³-hybridized carbons (Fsp3) is 0.600. The molecule has 1 aliphatic heterocycles. The maximum absolute atomic E-state index is 12.8. The van der Waals surface area contributed by atoms with Crippen LogP contribution in [0.5, 0.6) is 0 Å². The van der Waals surface area contributed by atoms with Crippen molar-refractivity contribution in [2.24, 2.45) is 11.1 Å². The highest BCUT2D eigenvalue weighted by molar-refractivity contribution is 6.74. The number of ketones is 1. The quantitative estimate of drug-likeness (QED) is 0.311. The van der Waals surface area contributed by atoms with Gasteiger partial charge in [-0.1, -0.05) is 25.9 Å². The summed E-state index contributed by atoms with van der Waals surface area (Å²) in [6.07, 6.45) is 3.07. The van der Waals surface area contributed by atoms with Crippen LogP contribution < -0.4 is 5.32 Å². The second-order valence-corrected chi connectivity index (χ2v) is 13.5. The molecule has 1 aromatic rings. The molecule has 0 aromatic carbocycles. The van der Waals surface area contributed by atoms with Crippen LogP contribution in [0, 0.1) is 5.92 Å². The van der Waals surface area contributed by atoms with E-state index in [0.29, 0.717) is 5.56 Å². The Morgan fingerprint density at radius 1 is 1.39 bits per heavy atom. The van der Waals surface area contributed by atoms with Gasteiger partial charge in [-0.2, -0.15) is 0 Å². The number of aromatic nitrogens is 1. The number of carbonyl (C=O) groups excluding carboxylic acids is 2. The van der Waals surface area contributed by atoms with Gasteiger partial charge in [-0.25, -0.2) is 0 Å². The van der Waals surface area contributed by atoms with Crippen LogP contribution in [0.4, 0.5) is 0 Å². The first-order valence-electron chi connectivity index (χ1n) is 9.51. The van der Waals surface area contributed by atoms with Crippen LogP contribution in [0.15, 0.2) is 29.7 Å². The van der Waals surface area contributed by atoms with Crippen molar-refractivity contribution < 1.29 is 18.9 Å². The third-order valence-electron chi connectivity index (χ3n) is 5.64. The number of nitrogens with zero attached hydrogens (tertiary/aromatic N) is 2. The molecule has 1 fully saturated rings. The normalized spacial score (nSPS) is 21.5. The third kappa shape index (κ3) is 4.85. The first-order valence-corrected chi connectivity index (χ1v) is 12.4. The topological polar surface area (TPSA) is 89.9 Å². The molecule has 8 heteroatoms. The summed E-state index contributed by atoms with van der Waals surface area (Å²) in [5, 5.41) is 6.77. The average Bonchev–Trinajstić information content (AvgIpc) is 2.58. The summed E-state index contributed by atoms with van der Waals surface area (Å²) in [5.74, 6) is -0.629. The molecule has 1 aromatic heterocycles. The molecule has 2 heterocycles. The molecule has 0 saturated carbocycles. The van der Waals surface area contributed by atoms with Gasteiger partial charge in [0.15, 0.2) is 19.8 Å². The summed E-state index contributed by atoms with van der Waals surface area (Å²) < 4.78 is 6.38. The lowest BCUT2D eigenvalue weighted by atomic mass is 9.82. The second kappa shape index (κ2) is 8.53. The molecule has 1 aliphatic rings. The van der Waals surface area contributed by atoms with E-state index in [4.69, 9.17) is 9.26 Å². The SMILES string of the molecule is CO/N=C(/C(=O)C[C@H]1NC(=O)[C@@H]1[C@@H](C)O[Si](C)(C)C(C)(C)C)c1cccnc1. The molecular weight excluding hydrogens is 374 g/mol. The molecule has 0 aliphatic carbocycles. The highest BCUT2D eigenvalue weighted by Crippen LogP contribution is 2.39. The molecule has 7 nitrogen and oxygen atoms in total. The molecule has 0 radical (unpaired) electrons. The number of β-lactam (4-membered cyclic amide) rings is 1. The lowest BCUT2D eigenvalue weighted by molar-refractivity contribution is -0.140. The van der Waals surface area contributed by atoms with Crippen molar-refractivity contribution in [2.75, 3.05) is 7.11 Å². The fourth-order valence-corrected chi connectivity index (χ4v) is 4.47. The standard InChI is InChI=1S/C20H31N3O4Si/c1-13(27-28(6,7)20(2,3)4)17-15(22-19(17)25)11-16(24)18(23-26-5)14-9-8-10-21-12-14/h8-10,12-13,15,17H,11H2,1-7H3,(H,22,25)/b23-18+/t13-,15-,17-/m1/s1. The van der Waals surface area contributed by atoms with E-state index in [1.165, 1.54) is 7.11 Å². The number of hydrogen-bond donors (Lipinski definition) is 1. The van der Waals surface area contributed by atoms with Gasteiger partial charge in [-0.3, -0.25) is 14.6 Å². The molecule has 0 bridgehead atoms. The average molecular weight is 406 g/mol. The Bertz CT molecular complexity index is 744. The largest absolute Gasteiger partial charge is 0.413 e. The van der Waals surface area contributed by atoms with Gasteiger partial charge in [-0.15, -0.1) is 0 Å². The van der Waals surface area contributed by atoms with Crippen molar-refractivity contribution in [1.82, 2.24) is 10.3 Å². The van der Waals surface area contributed by atoms with Gasteiger partial charge >= 0.3 is 0 Å². The zero-order valence-corrected chi connectivity index (χ0v) is 18.8. The number of rotatable bonds is 8. The van der Waals surface area contributed by atoms with Crippen molar-refractivity contribution in [1.29, 1.82) is 0 Å². The van der Waals surface area contributed by atoms with E-state index in [2.05, 4.69) is 49.3 Å². The summed E-state index contributed by atoms with van der Waals surface area (Å²) in [6, 6.07) is 3.21. The number of oxime groups is 1.